The third-order valence-corrected chi connectivity index (χ3v) is 6.36. The molecule has 0 aliphatic heterocycles. The topological polar surface area (TPSA) is 103 Å². The van der Waals surface area contributed by atoms with Crippen LogP contribution in [0.4, 0.5) is 5.69 Å². The van der Waals surface area contributed by atoms with Gasteiger partial charge in [0.2, 0.25) is 10.9 Å². The highest BCUT2D eigenvalue weighted by Gasteiger charge is 2.19. The molecule has 2 aromatic heterocycles. The van der Waals surface area contributed by atoms with E-state index in [4.69, 9.17) is 4.74 Å². The van der Waals surface area contributed by atoms with Crippen LogP contribution >= 0.6 is 11.3 Å². The SMILES string of the molecule is CCc1nn2c(=O)cc(COC(=O)c3ccc(NC(=O)[C@H](CC)c4ccccc4)cc3)nc2s1. The number of carbonyl (C=O) groups excluding carboxylic acids is 2. The zero-order valence-electron chi connectivity index (χ0n) is 18.9. The number of aryl methyl sites for hydroxylation is 1. The Bertz CT molecular complexity index is 1360. The van der Waals surface area contributed by atoms with Gasteiger partial charge in [-0.15, -0.1) is 0 Å². The molecule has 0 saturated heterocycles. The smallest absolute Gasteiger partial charge is 0.338 e. The van der Waals surface area contributed by atoms with Gasteiger partial charge in [-0.05, 0) is 42.7 Å². The minimum atomic E-state index is -0.547. The van der Waals surface area contributed by atoms with E-state index in [1.54, 1.807) is 24.3 Å². The largest absolute Gasteiger partial charge is 0.456 e. The Labute approximate surface area is 200 Å². The second-order valence-electron chi connectivity index (χ2n) is 7.64. The van der Waals surface area contributed by atoms with Crippen LogP contribution in [0.25, 0.3) is 4.96 Å². The molecule has 2 heterocycles. The third-order valence-electron chi connectivity index (χ3n) is 5.31. The number of hydrogen-bond acceptors (Lipinski definition) is 7. The number of nitrogens with zero attached hydrogens (tertiary/aromatic N) is 3. The van der Waals surface area contributed by atoms with E-state index in [9.17, 15) is 14.4 Å². The molecule has 34 heavy (non-hydrogen) atoms. The number of anilines is 1. The number of esters is 1. The van der Waals surface area contributed by atoms with Crippen molar-refractivity contribution < 1.29 is 14.3 Å². The van der Waals surface area contributed by atoms with Gasteiger partial charge < -0.3 is 10.1 Å². The number of ether oxygens (including phenoxy) is 1. The minimum absolute atomic E-state index is 0.105. The lowest BCUT2D eigenvalue weighted by atomic mass is 9.95. The molecule has 8 nitrogen and oxygen atoms in total. The van der Waals surface area contributed by atoms with E-state index in [0.29, 0.717) is 34.7 Å². The van der Waals surface area contributed by atoms with E-state index >= 15 is 0 Å². The van der Waals surface area contributed by atoms with E-state index in [1.165, 1.54) is 21.9 Å². The fourth-order valence-electron chi connectivity index (χ4n) is 3.51. The number of amides is 1. The monoisotopic (exact) mass is 476 g/mol. The van der Waals surface area contributed by atoms with E-state index in [1.807, 2.05) is 44.2 Å². The molecule has 0 aliphatic carbocycles. The fourth-order valence-corrected chi connectivity index (χ4v) is 4.37. The van der Waals surface area contributed by atoms with Gasteiger partial charge in [-0.2, -0.15) is 9.61 Å². The molecule has 4 rings (SSSR count). The lowest BCUT2D eigenvalue weighted by Gasteiger charge is -2.15. The van der Waals surface area contributed by atoms with Crippen LogP contribution in [-0.4, -0.2) is 26.5 Å². The molecular weight excluding hydrogens is 452 g/mol. The van der Waals surface area contributed by atoms with Crippen LogP contribution in [0.5, 0.6) is 0 Å². The first kappa shape index (κ1) is 23.3. The number of hydrogen-bond donors (Lipinski definition) is 1. The van der Waals surface area contributed by atoms with Crippen LogP contribution in [0, 0.1) is 0 Å². The summed E-state index contributed by atoms with van der Waals surface area (Å²) in [5.41, 5.74) is 1.93. The van der Waals surface area contributed by atoms with Gasteiger partial charge in [0.05, 0.1) is 17.2 Å². The highest BCUT2D eigenvalue weighted by molar-refractivity contribution is 7.16. The van der Waals surface area contributed by atoms with Crippen LogP contribution < -0.4 is 10.9 Å². The summed E-state index contributed by atoms with van der Waals surface area (Å²) in [6, 6.07) is 17.4. The van der Waals surface area contributed by atoms with E-state index < -0.39 is 5.97 Å². The molecular formula is C25H24N4O4S. The van der Waals surface area contributed by atoms with E-state index in [2.05, 4.69) is 15.4 Å². The normalized spacial score (nSPS) is 11.8. The molecule has 2 aromatic carbocycles. The van der Waals surface area contributed by atoms with Crippen LogP contribution in [0.15, 0.2) is 65.5 Å². The van der Waals surface area contributed by atoms with Crippen molar-refractivity contribution in [2.45, 2.75) is 39.2 Å². The highest BCUT2D eigenvalue weighted by Crippen LogP contribution is 2.22. The maximum atomic E-state index is 12.7. The quantitative estimate of drug-likeness (QED) is 0.382. The minimum Gasteiger partial charge on any atom is -0.456 e. The van der Waals surface area contributed by atoms with E-state index in [0.717, 1.165) is 10.6 Å². The van der Waals surface area contributed by atoms with Gasteiger partial charge in [-0.3, -0.25) is 9.59 Å². The van der Waals surface area contributed by atoms with Crippen molar-refractivity contribution in [1.29, 1.82) is 0 Å². The Morgan fingerprint density at radius 2 is 1.82 bits per heavy atom. The molecule has 1 N–H and O–H groups in total. The van der Waals surface area contributed by atoms with Gasteiger partial charge in [-0.1, -0.05) is 55.5 Å². The van der Waals surface area contributed by atoms with Crippen molar-refractivity contribution in [3.05, 3.63) is 92.8 Å². The average Bonchev–Trinajstić information content (AvgIpc) is 3.28. The molecule has 174 valence electrons. The van der Waals surface area contributed by atoms with Crippen LogP contribution in [0.3, 0.4) is 0 Å². The summed E-state index contributed by atoms with van der Waals surface area (Å²) in [6.45, 7) is 3.79. The summed E-state index contributed by atoms with van der Waals surface area (Å²) in [6.07, 6.45) is 1.38. The lowest BCUT2D eigenvalue weighted by molar-refractivity contribution is -0.117. The van der Waals surface area contributed by atoms with Crippen molar-refractivity contribution in [3.8, 4) is 0 Å². The molecule has 0 radical (unpaired) electrons. The van der Waals surface area contributed by atoms with Gasteiger partial charge in [0.15, 0.2) is 0 Å². The molecule has 0 spiro atoms. The summed E-state index contributed by atoms with van der Waals surface area (Å²) in [5.74, 6) is -0.910. The zero-order valence-corrected chi connectivity index (χ0v) is 19.7. The van der Waals surface area contributed by atoms with E-state index in [-0.39, 0.29) is 24.0 Å². The van der Waals surface area contributed by atoms with Crippen LogP contribution in [0.2, 0.25) is 0 Å². The maximum absolute atomic E-state index is 12.7. The molecule has 4 aromatic rings. The predicted molar refractivity (Wildman–Crippen MR) is 130 cm³/mol. The Morgan fingerprint density at radius 3 is 2.50 bits per heavy atom. The van der Waals surface area contributed by atoms with Crippen molar-refractivity contribution in [3.63, 3.8) is 0 Å². The van der Waals surface area contributed by atoms with Gasteiger partial charge in [0.25, 0.3) is 5.56 Å². The molecule has 0 fully saturated rings. The Balaban J connectivity index is 1.38. The second kappa shape index (κ2) is 10.4. The summed E-state index contributed by atoms with van der Waals surface area (Å²) < 4.78 is 6.59. The van der Waals surface area contributed by atoms with Crippen molar-refractivity contribution in [2.24, 2.45) is 0 Å². The van der Waals surface area contributed by atoms with Gasteiger partial charge in [-0.25, -0.2) is 9.78 Å². The maximum Gasteiger partial charge on any atom is 0.338 e. The number of aromatic nitrogens is 3. The molecule has 9 heteroatoms. The molecule has 0 saturated carbocycles. The standard InChI is InChI=1S/C25H24N4O4S/c1-3-20(16-8-6-5-7-9-16)23(31)26-18-12-10-17(11-13-18)24(32)33-15-19-14-22(30)29-25(27-19)34-21(4-2)28-29/h5-14,20H,3-4,15H2,1-2H3,(H,26,31)/t20-/m1/s1. The molecule has 1 atom stereocenters. The summed E-state index contributed by atoms with van der Waals surface area (Å²) in [4.78, 5) is 42.2. The first-order valence-electron chi connectivity index (χ1n) is 11.0. The second-order valence-corrected chi connectivity index (χ2v) is 8.68. The number of fused-ring (bicyclic) bond motifs is 1. The number of benzene rings is 2. The zero-order chi connectivity index (χ0) is 24.1. The van der Waals surface area contributed by atoms with Crippen molar-refractivity contribution in [2.75, 3.05) is 5.32 Å². The average molecular weight is 477 g/mol. The van der Waals surface area contributed by atoms with Crippen molar-refractivity contribution in [1.82, 2.24) is 14.6 Å². The molecule has 0 bridgehead atoms. The first-order valence-corrected chi connectivity index (χ1v) is 11.8. The highest BCUT2D eigenvalue weighted by atomic mass is 32.1. The third kappa shape index (κ3) is 5.20. The Kier molecular flexibility index (Phi) is 7.12. The van der Waals surface area contributed by atoms with Crippen LogP contribution in [-0.2, 0) is 22.6 Å². The van der Waals surface area contributed by atoms with Crippen LogP contribution in [0.1, 0.15) is 52.8 Å². The fraction of sp³-hybridized carbons (Fsp3) is 0.240. The number of rotatable bonds is 8. The summed E-state index contributed by atoms with van der Waals surface area (Å²) >= 11 is 1.33. The summed E-state index contributed by atoms with van der Waals surface area (Å²) in [5, 5.41) is 7.91. The van der Waals surface area contributed by atoms with Crippen molar-refractivity contribution >= 4 is 33.9 Å². The summed E-state index contributed by atoms with van der Waals surface area (Å²) in [7, 11) is 0. The number of nitrogens with one attached hydrogen (secondary N) is 1. The predicted octanol–water partition coefficient (Wildman–Crippen LogP) is 4.20. The van der Waals surface area contributed by atoms with Gasteiger partial charge in [0.1, 0.15) is 11.6 Å². The lowest BCUT2D eigenvalue weighted by Crippen LogP contribution is -2.20. The molecule has 1 amide bonds. The number of carbonyl (C=O) groups is 2. The van der Waals surface area contributed by atoms with Gasteiger partial charge in [0, 0.05) is 11.8 Å². The Hall–Kier alpha value is -3.85. The molecule has 0 unspecified atom stereocenters. The first-order chi connectivity index (χ1) is 16.5. The Morgan fingerprint density at radius 1 is 1.09 bits per heavy atom. The van der Waals surface area contributed by atoms with Gasteiger partial charge >= 0.3 is 5.97 Å². The molecule has 0 aliphatic rings.